The maximum absolute atomic E-state index is 13.6. The van der Waals surface area contributed by atoms with E-state index in [1.807, 2.05) is 26.0 Å². The molecule has 146 valence electrons. The van der Waals surface area contributed by atoms with Gasteiger partial charge in [0.25, 0.3) is 0 Å². The summed E-state index contributed by atoms with van der Waals surface area (Å²) < 4.78 is 47.6. The molecular weight excluding hydrogens is 375 g/mol. The fraction of sp³-hybridized carbons (Fsp3) is 0.316. The molecule has 0 aliphatic heterocycles. The van der Waals surface area contributed by atoms with Gasteiger partial charge in [0.1, 0.15) is 11.3 Å². The Morgan fingerprint density at radius 1 is 1.39 bits per heavy atom. The zero-order valence-corrected chi connectivity index (χ0v) is 15.0. The first-order chi connectivity index (χ1) is 13.1. The minimum Gasteiger partial charge on any atom is -0.475 e. The molecule has 1 aliphatic rings. The van der Waals surface area contributed by atoms with Crippen LogP contribution in [-0.2, 0) is 19.1 Å². The molecule has 0 bridgehead atoms. The van der Waals surface area contributed by atoms with Gasteiger partial charge < -0.3 is 9.52 Å². The van der Waals surface area contributed by atoms with Crippen molar-refractivity contribution in [2.75, 3.05) is 0 Å². The van der Waals surface area contributed by atoms with Crippen molar-refractivity contribution in [3.05, 3.63) is 58.4 Å². The highest BCUT2D eigenvalue weighted by molar-refractivity contribution is 5.91. The minimum absolute atomic E-state index is 0.00646. The van der Waals surface area contributed by atoms with Crippen LogP contribution < -0.4 is 0 Å². The molecule has 9 heteroatoms. The van der Waals surface area contributed by atoms with E-state index in [1.54, 1.807) is 17.1 Å². The van der Waals surface area contributed by atoms with Gasteiger partial charge in [-0.3, -0.25) is 9.67 Å². The Kier molecular flexibility index (Phi) is 4.06. The zero-order valence-electron chi connectivity index (χ0n) is 15.0. The van der Waals surface area contributed by atoms with Gasteiger partial charge in [0.2, 0.25) is 5.76 Å². The van der Waals surface area contributed by atoms with Gasteiger partial charge in [0.15, 0.2) is 0 Å². The second-order valence-corrected chi connectivity index (χ2v) is 6.95. The maximum atomic E-state index is 13.6. The molecule has 0 aromatic carbocycles. The van der Waals surface area contributed by atoms with Crippen LogP contribution in [0.4, 0.5) is 13.2 Å². The maximum Gasteiger partial charge on any atom is 0.421 e. The summed E-state index contributed by atoms with van der Waals surface area (Å²) in [6.07, 6.45) is -1.30. The quantitative estimate of drug-likeness (QED) is 0.721. The molecule has 1 aliphatic carbocycles. The van der Waals surface area contributed by atoms with Gasteiger partial charge in [0, 0.05) is 30.1 Å². The lowest BCUT2D eigenvalue weighted by atomic mass is 9.86. The van der Waals surface area contributed by atoms with Crippen molar-refractivity contribution in [2.45, 2.75) is 38.9 Å². The van der Waals surface area contributed by atoms with Crippen LogP contribution >= 0.6 is 0 Å². The molecule has 28 heavy (non-hydrogen) atoms. The average Bonchev–Trinajstić information content (AvgIpc) is 3.18. The lowest BCUT2D eigenvalue weighted by Gasteiger charge is -2.17. The third kappa shape index (κ3) is 2.96. The molecule has 0 radical (unpaired) electrons. The Labute approximate surface area is 157 Å². The molecule has 0 amide bonds. The number of carboxylic acid groups (broad SMARTS) is 1. The van der Waals surface area contributed by atoms with Crippen LogP contribution in [0.25, 0.3) is 11.3 Å². The highest BCUT2D eigenvalue weighted by Gasteiger charge is 2.46. The first kappa shape index (κ1) is 18.3. The van der Waals surface area contributed by atoms with Crippen molar-refractivity contribution in [3.8, 4) is 11.3 Å². The minimum atomic E-state index is -4.87. The average molecular weight is 391 g/mol. The summed E-state index contributed by atoms with van der Waals surface area (Å²) in [6.45, 7) is 4.04. The number of hydrogen-bond acceptors (Lipinski definition) is 4. The summed E-state index contributed by atoms with van der Waals surface area (Å²) in [5.41, 5.74) is 0.932. The molecule has 1 atom stereocenters. The van der Waals surface area contributed by atoms with Crippen LogP contribution in [0.5, 0.6) is 0 Å². The molecule has 6 nitrogen and oxygen atoms in total. The standard InChI is InChI=1S/C19H16F3N3O3/c1-9-5-13-14(15(19(20,21)22)17(28-13)18(26)27)16-12(9)8-25(24-16)7-11-4-3-10(2)23-6-11/h3-4,6,8-9H,5,7H2,1-2H3,(H,26,27). The van der Waals surface area contributed by atoms with Crippen molar-refractivity contribution < 1.29 is 27.5 Å². The topological polar surface area (TPSA) is 81.2 Å². The molecule has 0 saturated heterocycles. The molecule has 4 rings (SSSR count). The summed E-state index contributed by atoms with van der Waals surface area (Å²) in [5, 5.41) is 13.5. The van der Waals surface area contributed by atoms with Crippen LogP contribution in [-0.4, -0.2) is 25.8 Å². The molecular formula is C19H16F3N3O3. The van der Waals surface area contributed by atoms with Gasteiger partial charge in [-0.1, -0.05) is 13.0 Å². The van der Waals surface area contributed by atoms with Crippen molar-refractivity contribution >= 4 is 5.97 Å². The van der Waals surface area contributed by atoms with Crippen LogP contribution in [0.3, 0.4) is 0 Å². The number of carbonyl (C=O) groups is 1. The molecule has 0 fully saturated rings. The third-order valence-electron chi connectivity index (χ3n) is 4.83. The number of hydrogen-bond donors (Lipinski definition) is 1. The number of halogens is 3. The SMILES string of the molecule is Cc1ccc(Cn2cc3c(n2)-c2c(oc(C(=O)O)c2C(F)(F)F)CC3C)cn1. The summed E-state index contributed by atoms with van der Waals surface area (Å²) >= 11 is 0. The molecule has 1 unspecified atom stereocenters. The number of aromatic carboxylic acids is 1. The van der Waals surface area contributed by atoms with E-state index in [4.69, 9.17) is 4.42 Å². The largest absolute Gasteiger partial charge is 0.475 e. The van der Waals surface area contributed by atoms with E-state index in [9.17, 15) is 23.1 Å². The number of aromatic nitrogens is 3. The predicted molar refractivity (Wildman–Crippen MR) is 92.1 cm³/mol. The Morgan fingerprint density at radius 3 is 2.75 bits per heavy atom. The summed E-state index contributed by atoms with van der Waals surface area (Å²) in [6, 6.07) is 3.72. The van der Waals surface area contributed by atoms with E-state index in [0.717, 1.165) is 11.3 Å². The second kappa shape index (κ2) is 6.22. The third-order valence-corrected chi connectivity index (χ3v) is 4.83. The number of fused-ring (bicyclic) bond motifs is 3. The van der Waals surface area contributed by atoms with Gasteiger partial charge in [-0.25, -0.2) is 4.79 Å². The summed E-state index contributed by atoms with van der Waals surface area (Å²) in [4.78, 5) is 15.5. The van der Waals surface area contributed by atoms with E-state index >= 15 is 0 Å². The zero-order chi connectivity index (χ0) is 20.2. The number of pyridine rings is 1. The number of furan rings is 1. The van der Waals surface area contributed by atoms with Crippen molar-refractivity contribution in [1.29, 1.82) is 0 Å². The summed E-state index contributed by atoms with van der Waals surface area (Å²) in [7, 11) is 0. The summed E-state index contributed by atoms with van der Waals surface area (Å²) in [5.74, 6) is -2.98. The molecule has 0 saturated carbocycles. The van der Waals surface area contributed by atoms with Crippen molar-refractivity contribution in [3.63, 3.8) is 0 Å². The number of carboxylic acids is 1. The first-order valence-corrected chi connectivity index (χ1v) is 8.60. The van der Waals surface area contributed by atoms with Crippen LogP contribution in [0.2, 0.25) is 0 Å². The number of rotatable bonds is 3. The van der Waals surface area contributed by atoms with E-state index in [2.05, 4.69) is 10.1 Å². The second-order valence-electron chi connectivity index (χ2n) is 6.95. The lowest BCUT2D eigenvalue weighted by Crippen LogP contribution is -2.13. The highest BCUT2D eigenvalue weighted by Crippen LogP contribution is 2.48. The van der Waals surface area contributed by atoms with Crippen molar-refractivity contribution in [1.82, 2.24) is 14.8 Å². The van der Waals surface area contributed by atoms with Gasteiger partial charge >= 0.3 is 12.1 Å². The van der Waals surface area contributed by atoms with Crippen LogP contribution in [0, 0.1) is 6.92 Å². The van der Waals surface area contributed by atoms with Gasteiger partial charge in [-0.05, 0) is 24.5 Å². The van der Waals surface area contributed by atoms with E-state index in [0.29, 0.717) is 12.1 Å². The van der Waals surface area contributed by atoms with Crippen LogP contribution in [0.15, 0.2) is 28.9 Å². The smallest absolute Gasteiger partial charge is 0.421 e. The number of nitrogens with zero attached hydrogens (tertiary/aromatic N) is 3. The predicted octanol–water partition coefficient (Wildman–Crippen LogP) is 4.27. The van der Waals surface area contributed by atoms with Gasteiger partial charge in [-0.15, -0.1) is 0 Å². The Morgan fingerprint density at radius 2 is 2.14 bits per heavy atom. The van der Waals surface area contributed by atoms with E-state index in [-0.39, 0.29) is 29.4 Å². The number of alkyl halides is 3. The number of aryl methyl sites for hydroxylation is 1. The Balaban J connectivity index is 1.84. The fourth-order valence-corrected chi connectivity index (χ4v) is 3.53. The van der Waals surface area contributed by atoms with E-state index < -0.39 is 23.5 Å². The van der Waals surface area contributed by atoms with Crippen molar-refractivity contribution in [2.24, 2.45) is 0 Å². The monoisotopic (exact) mass is 391 g/mol. The van der Waals surface area contributed by atoms with Crippen LogP contribution in [0.1, 0.15) is 51.5 Å². The Hall–Kier alpha value is -3.10. The molecule has 3 aromatic rings. The first-order valence-electron chi connectivity index (χ1n) is 8.60. The molecule has 1 N–H and O–H groups in total. The normalized spacial score (nSPS) is 16.0. The van der Waals surface area contributed by atoms with Gasteiger partial charge in [0.05, 0.1) is 17.8 Å². The molecule has 0 spiro atoms. The van der Waals surface area contributed by atoms with E-state index in [1.165, 1.54) is 0 Å². The molecule has 3 aromatic heterocycles. The molecule has 3 heterocycles. The lowest BCUT2D eigenvalue weighted by molar-refractivity contribution is -0.138. The fourth-order valence-electron chi connectivity index (χ4n) is 3.53. The van der Waals surface area contributed by atoms with Gasteiger partial charge in [-0.2, -0.15) is 18.3 Å². The highest BCUT2D eigenvalue weighted by atomic mass is 19.4. The Bertz CT molecular complexity index is 1060.